The fourth-order valence-electron chi connectivity index (χ4n) is 1.18. The van der Waals surface area contributed by atoms with E-state index in [4.69, 9.17) is 0 Å². The molecule has 1 rings (SSSR count). The minimum absolute atomic E-state index is 0.219. The third kappa shape index (κ3) is 3.48. The van der Waals surface area contributed by atoms with Crippen molar-refractivity contribution in [1.29, 1.82) is 0 Å². The summed E-state index contributed by atoms with van der Waals surface area (Å²) in [6, 6.07) is 0. The van der Waals surface area contributed by atoms with Crippen LogP contribution in [0, 0.1) is 0 Å². The summed E-state index contributed by atoms with van der Waals surface area (Å²) < 4.78 is 6.10. The fraction of sp³-hybridized carbons (Fsp3) is 0.500. The van der Waals surface area contributed by atoms with Gasteiger partial charge >= 0.3 is 11.7 Å². The lowest BCUT2D eigenvalue weighted by Gasteiger charge is -2.00. The summed E-state index contributed by atoms with van der Waals surface area (Å²) in [5.74, 6) is 0.214. The van der Waals surface area contributed by atoms with E-state index in [1.54, 1.807) is 13.0 Å². The molecule has 6 nitrogen and oxygen atoms in total. The van der Waals surface area contributed by atoms with Crippen molar-refractivity contribution < 1.29 is 9.53 Å². The van der Waals surface area contributed by atoms with E-state index in [2.05, 4.69) is 14.9 Å². The van der Waals surface area contributed by atoms with Crippen molar-refractivity contribution in [3.05, 3.63) is 22.1 Å². The van der Waals surface area contributed by atoms with Crippen molar-refractivity contribution in [3.8, 4) is 0 Å². The molecule has 0 radical (unpaired) electrons. The first-order valence-electron chi connectivity index (χ1n) is 5.13. The summed E-state index contributed by atoms with van der Waals surface area (Å²) in [7, 11) is 1.34. The van der Waals surface area contributed by atoms with Gasteiger partial charge in [0.05, 0.1) is 7.11 Å². The fourth-order valence-corrected chi connectivity index (χ4v) is 2.14. The largest absolute Gasteiger partial charge is 0.466 e. The van der Waals surface area contributed by atoms with Gasteiger partial charge in [-0.2, -0.15) is 0 Å². The Morgan fingerprint density at radius 2 is 2.35 bits per heavy atom. The van der Waals surface area contributed by atoms with E-state index in [0.29, 0.717) is 23.0 Å². The monoisotopic (exact) mass is 257 g/mol. The average Bonchev–Trinajstić information content (AvgIpc) is 2.68. The Morgan fingerprint density at radius 1 is 1.65 bits per heavy atom. The van der Waals surface area contributed by atoms with E-state index in [0.717, 1.165) is 0 Å². The van der Waals surface area contributed by atoms with Crippen LogP contribution in [0.3, 0.4) is 0 Å². The number of carbonyl (C=O) groups is 1. The third-order valence-corrected chi connectivity index (χ3v) is 3.05. The van der Waals surface area contributed by atoms with Crippen molar-refractivity contribution in [3.63, 3.8) is 0 Å². The highest BCUT2D eigenvalue weighted by Gasteiger charge is 2.07. The lowest BCUT2D eigenvalue weighted by atomic mass is 10.3. The number of rotatable bonds is 5. The molecule has 0 amide bonds. The molecule has 1 N–H and O–H groups in total. The zero-order valence-electron chi connectivity index (χ0n) is 10.0. The van der Waals surface area contributed by atoms with Gasteiger partial charge in [-0.15, -0.1) is 5.10 Å². The quantitative estimate of drug-likeness (QED) is 0.479. The molecule has 0 saturated heterocycles. The molecule has 0 bridgehead atoms. The number of hydrogen-bond donors (Lipinski definition) is 1. The van der Waals surface area contributed by atoms with Crippen LogP contribution in [0.4, 0.5) is 0 Å². The molecule has 0 fully saturated rings. The molecule has 0 aromatic carbocycles. The Bertz CT molecular complexity index is 475. The summed E-state index contributed by atoms with van der Waals surface area (Å²) in [6.45, 7) is 4.12. The van der Waals surface area contributed by atoms with Gasteiger partial charge in [-0.25, -0.2) is 14.7 Å². The molecule has 1 aromatic heterocycles. The second-order valence-electron chi connectivity index (χ2n) is 3.25. The van der Waals surface area contributed by atoms with E-state index in [-0.39, 0.29) is 11.7 Å². The van der Waals surface area contributed by atoms with Crippen molar-refractivity contribution in [2.75, 3.05) is 12.9 Å². The van der Waals surface area contributed by atoms with Gasteiger partial charge in [0.15, 0.2) is 5.16 Å². The normalized spacial score (nSPS) is 11.6. The number of nitrogens with one attached hydrogen (secondary N) is 1. The van der Waals surface area contributed by atoms with Crippen LogP contribution in [0.2, 0.25) is 0 Å². The van der Waals surface area contributed by atoms with Crippen molar-refractivity contribution in [2.24, 2.45) is 0 Å². The molecule has 0 aliphatic carbocycles. The van der Waals surface area contributed by atoms with Crippen LogP contribution in [0.15, 0.2) is 21.6 Å². The van der Waals surface area contributed by atoms with Gasteiger partial charge in [0, 0.05) is 17.9 Å². The number of methoxy groups -OCH3 is 1. The maximum atomic E-state index is 11.3. The minimum atomic E-state index is -0.347. The number of nitrogens with zero attached hydrogens (tertiary/aromatic N) is 2. The lowest BCUT2D eigenvalue weighted by molar-refractivity contribution is -0.136. The zero-order valence-corrected chi connectivity index (χ0v) is 10.8. The molecule has 0 atom stereocenters. The van der Waals surface area contributed by atoms with Gasteiger partial charge in [-0.1, -0.05) is 17.8 Å². The van der Waals surface area contributed by atoms with Crippen LogP contribution < -0.4 is 5.69 Å². The number of thioether (sulfide) groups is 1. The standard InChI is InChI=1S/C10H15N3O3S/c1-4-13-9(15)11-12-10(13)17-6-5-7(2)8(14)16-3/h5H,4,6H2,1-3H3,(H,11,15). The third-order valence-electron chi connectivity index (χ3n) is 2.15. The molecular formula is C10H15N3O3S. The van der Waals surface area contributed by atoms with Crippen LogP contribution in [0.25, 0.3) is 0 Å². The van der Waals surface area contributed by atoms with Gasteiger partial charge in [0.2, 0.25) is 0 Å². The first-order valence-corrected chi connectivity index (χ1v) is 6.11. The van der Waals surface area contributed by atoms with E-state index in [1.165, 1.54) is 23.4 Å². The highest BCUT2D eigenvalue weighted by Crippen LogP contribution is 2.13. The van der Waals surface area contributed by atoms with E-state index in [9.17, 15) is 9.59 Å². The SMILES string of the molecule is CCn1c(SCC=C(C)C(=O)OC)n[nH]c1=O. The predicted molar refractivity (Wildman–Crippen MR) is 65.0 cm³/mol. The van der Waals surface area contributed by atoms with Gasteiger partial charge in [-0.05, 0) is 13.8 Å². The molecule has 0 aliphatic rings. The first-order chi connectivity index (χ1) is 8.10. The summed E-state index contributed by atoms with van der Waals surface area (Å²) in [5, 5.41) is 6.89. The Labute approximate surface area is 103 Å². The number of ether oxygens (including phenoxy) is 1. The molecule has 0 unspecified atom stereocenters. The highest BCUT2D eigenvalue weighted by molar-refractivity contribution is 7.99. The average molecular weight is 257 g/mol. The highest BCUT2D eigenvalue weighted by atomic mass is 32.2. The second kappa shape index (κ2) is 6.29. The molecule has 94 valence electrons. The van der Waals surface area contributed by atoms with E-state index >= 15 is 0 Å². The van der Waals surface area contributed by atoms with Crippen LogP contribution >= 0.6 is 11.8 Å². The van der Waals surface area contributed by atoms with Gasteiger partial charge in [0.1, 0.15) is 0 Å². The number of aromatic amines is 1. The Hall–Kier alpha value is -1.50. The second-order valence-corrected chi connectivity index (χ2v) is 4.23. The molecule has 0 saturated carbocycles. The van der Waals surface area contributed by atoms with Gasteiger partial charge < -0.3 is 4.74 Å². The molecule has 7 heteroatoms. The zero-order chi connectivity index (χ0) is 12.8. The van der Waals surface area contributed by atoms with Crippen molar-refractivity contribution in [1.82, 2.24) is 14.8 Å². The number of esters is 1. The molecule has 1 aromatic rings. The molecule has 1 heterocycles. The Balaban J connectivity index is 2.62. The summed E-state index contributed by atoms with van der Waals surface area (Å²) in [4.78, 5) is 22.4. The van der Waals surface area contributed by atoms with Gasteiger partial charge in [-0.3, -0.25) is 4.57 Å². The number of carbonyl (C=O) groups excluding carboxylic acids is 1. The van der Waals surface area contributed by atoms with Gasteiger partial charge in [0.25, 0.3) is 0 Å². The van der Waals surface area contributed by atoms with Crippen LogP contribution in [0.1, 0.15) is 13.8 Å². The molecule has 0 spiro atoms. The Kier molecular flexibility index (Phi) is 5.02. The molecule has 0 aliphatic heterocycles. The summed E-state index contributed by atoms with van der Waals surface area (Å²) in [5.41, 5.74) is 0.324. The Morgan fingerprint density at radius 3 is 2.94 bits per heavy atom. The molecular weight excluding hydrogens is 242 g/mol. The summed E-state index contributed by atoms with van der Waals surface area (Å²) in [6.07, 6.45) is 1.75. The maximum absolute atomic E-state index is 11.3. The van der Waals surface area contributed by atoms with Crippen molar-refractivity contribution >= 4 is 17.7 Å². The topological polar surface area (TPSA) is 77.0 Å². The maximum Gasteiger partial charge on any atom is 0.343 e. The number of H-pyrrole nitrogens is 1. The van der Waals surface area contributed by atoms with E-state index in [1.807, 2.05) is 6.92 Å². The molecule has 17 heavy (non-hydrogen) atoms. The lowest BCUT2D eigenvalue weighted by Crippen LogP contribution is -2.16. The van der Waals surface area contributed by atoms with Crippen molar-refractivity contribution in [2.45, 2.75) is 25.5 Å². The van der Waals surface area contributed by atoms with E-state index < -0.39 is 0 Å². The minimum Gasteiger partial charge on any atom is -0.466 e. The first kappa shape index (κ1) is 13.6. The predicted octanol–water partition coefficient (Wildman–Crippen LogP) is 0.803. The van der Waals surface area contributed by atoms with Crippen LogP contribution in [-0.4, -0.2) is 33.6 Å². The summed E-state index contributed by atoms with van der Waals surface area (Å²) >= 11 is 1.39. The smallest absolute Gasteiger partial charge is 0.343 e. The van der Waals surface area contributed by atoms with Crippen LogP contribution in [0.5, 0.6) is 0 Å². The van der Waals surface area contributed by atoms with Crippen LogP contribution in [-0.2, 0) is 16.1 Å². The number of aromatic nitrogens is 3. The number of hydrogen-bond acceptors (Lipinski definition) is 5.